The summed E-state index contributed by atoms with van der Waals surface area (Å²) in [4.78, 5) is 36.0. The van der Waals surface area contributed by atoms with Crippen LogP contribution >= 0.6 is 15.9 Å². The normalized spacial score (nSPS) is 10.8. The summed E-state index contributed by atoms with van der Waals surface area (Å²) >= 11 is 3.48. The van der Waals surface area contributed by atoms with Crippen LogP contribution < -0.4 is 16.0 Å². The molecule has 0 bridgehead atoms. The maximum atomic E-state index is 12.3. The summed E-state index contributed by atoms with van der Waals surface area (Å²) in [7, 11) is 0. The molecule has 0 radical (unpaired) electrons. The molecule has 8 heteroatoms. The first-order valence-electron chi connectivity index (χ1n) is 10.0. The van der Waals surface area contributed by atoms with Gasteiger partial charge in [-0.15, -0.1) is 0 Å². The summed E-state index contributed by atoms with van der Waals surface area (Å²) in [6, 6.07) is 14.7. The van der Waals surface area contributed by atoms with Crippen LogP contribution in [0.4, 0.5) is 16.2 Å². The van der Waals surface area contributed by atoms with Gasteiger partial charge in [0.15, 0.2) is 0 Å². The monoisotopic (exact) mass is 489 g/mol. The zero-order valence-electron chi connectivity index (χ0n) is 18.0. The molecular weight excluding hydrogens is 462 g/mol. The van der Waals surface area contributed by atoms with Gasteiger partial charge in [-0.2, -0.15) is 0 Å². The second-order valence-electron chi connectivity index (χ2n) is 7.95. The molecule has 31 heavy (non-hydrogen) atoms. The molecule has 0 atom stereocenters. The molecule has 3 N–H and O–H groups in total. The van der Waals surface area contributed by atoms with Gasteiger partial charge in [0.25, 0.3) is 0 Å². The third kappa shape index (κ3) is 9.65. The Morgan fingerprint density at radius 1 is 0.903 bits per heavy atom. The lowest BCUT2D eigenvalue weighted by atomic mass is 10.1. The van der Waals surface area contributed by atoms with Crippen LogP contribution in [-0.2, 0) is 20.7 Å². The van der Waals surface area contributed by atoms with E-state index in [0.717, 1.165) is 10.0 Å². The molecule has 2 aromatic carbocycles. The van der Waals surface area contributed by atoms with Gasteiger partial charge >= 0.3 is 6.09 Å². The molecule has 0 aliphatic carbocycles. The number of rotatable bonds is 8. The molecule has 0 aromatic heterocycles. The van der Waals surface area contributed by atoms with Gasteiger partial charge in [-0.05, 0) is 57.0 Å². The Balaban J connectivity index is 1.78. The zero-order valence-corrected chi connectivity index (χ0v) is 19.5. The van der Waals surface area contributed by atoms with E-state index >= 15 is 0 Å². The lowest BCUT2D eigenvalue weighted by Crippen LogP contribution is -2.34. The number of carbonyl (C=O) groups excluding carboxylic acids is 3. The Labute approximate surface area is 191 Å². The highest BCUT2D eigenvalue weighted by molar-refractivity contribution is 9.10. The minimum atomic E-state index is -0.588. The van der Waals surface area contributed by atoms with E-state index in [4.69, 9.17) is 4.74 Å². The minimum Gasteiger partial charge on any atom is -0.444 e. The van der Waals surface area contributed by atoms with Crippen LogP contribution in [0.5, 0.6) is 0 Å². The third-order valence-corrected chi connectivity index (χ3v) is 4.80. The average molecular weight is 490 g/mol. The number of anilines is 2. The number of halogens is 1. The fraction of sp³-hybridized carbons (Fsp3) is 0.348. The SMILES string of the molecule is CC(C)(C)OC(=O)NCCC(=O)Nc1cccc(NC(=O)CCc2ccccc2Br)c1. The number of nitrogens with one attached hydrogen (secondary N) is 3. The first-order chi connectivity index (χ1) is 14.6. The Kier molecular flexibility index (Phi) is 9.05. The summed E-state index contributed by atoms with van der Waals surface area (Å²) < 4.78 is 6.10. The van der Waals surface area contributed by atoms with Gasteiger partial charge in [0.05, 0.1) is 0 Å². The number of aryl methyl sites for hydroxylation is 1. The average Bonchev–Trinajstić information content (AvgIpc) is 2.66. The van der Waals surface area contributed by atoms with E-state index in [2.05, 4.69) is 31.9 Å². The Bertz CT molecular complexity index is 925. The summed E-state index contributed by atoms with van der Waals surface area (Å²) in [6.07, 6.45) is 0.499. The van der Waals surface area contributed by atoms with Crippen LogP contribution in [-0.4, -0.2) is 30.1 Å². The van der Waals surface area contributed by atoms with E-state index in [1.807, 2.05) is 24.3 Å². The molecule has 166 valence electrons. The standard InChI is InChI=1S/C23H28BrN3O4/c1-23(2,3)31-22(30)25-14-13-21(29)27-18-9-6-8-17(15-18)26-20(28)12-11-16-7-4-5-10-19(16)24/h4-10,15H,11-14H2,1-3H3,(H,25,30)(H,26,28)(H,27,29). The van der Waals surface area contributed by atoms with E-state index in [0.29, 0.717) is 24.2 Å². The van der Waals surface area contributed by atoms with Crippen molar-refractivity contribution < 1.29 is 19.1 Å². The molecule has 0 spiro atoms. The molecule has 0 saturated heterocycles. The van der Waals surface area contributed by atoms with Crippen LogP contribution in [0.2, 0.25) is 0 Å². The highest BCUT2D eigenvalue weighted by atomic mass is 79.9. The van der Waals surface area contributed by atoms with Gasteiger partial charge in [-0.1, -0.05) is 40.2 Å². The van der Waals surface area contributed by atoms with Gasteiger partial charge in [-0.3, -0.25) is 9.59 Å². The zero-order chi connectivity index (χ0) is 22.9. The summed E-state index contributed by atoms with van der Waals surface area (Å²) in [6.45, 7) is 5.47. The smallest absolute Gasteiger partial charge is 0.407 e. The quantitative estimate of drug-likeness (QED) is 0.492. The molecule has 3 amide bonds. The molecule has 0 aliphatic heterocycles. The van der Waals surface area contributed by atoms with Crippen molar-refractivity contribution in [1.82, 2.24) is 5.32 Å². The molecule has 2 aromatic rings. The number of alkyl carbamates (subject to hydrolysis) is 1. The number of amides is 3. The molecule has 0 heterocycles. The van der Waals surface area contributed by atoms with Crippen molar-refractivity contribution in [3.05, 3.63) is 58.6 Å². The molecular formula is C23H28BrN3O4. The number of ether oxygens (including phenoxy) is 1. The second kappa shape index (κ2) is 11.5. The predicted molar refractivity (Wildman–Crippen MR) is 125 cm³/mol. The second-order valence-corrected chi connectivity index (χ2v) is 8.80. The first-order valence-corrected chi connectivity index (χ1v) is 10.8. The van der Waals surface area contributed by atoms with Crippen molar-refractivity contribution in [2.24, 2.45) is 0 Å². The van der Waals surface area contributed by atoms with Gasteiger partial charge in [0.2, 0.25) is 11.8 Å². The Hall–Kier alpha value is -2.87. The fourth-order valence-corrected chi connectivity index (χ4v) is 3.15. The molecule has 7 nitrogen and oxygen atoms in total. The van der Waals surface area contributed by atoms with E-state index in [-0.39, 0.29) is 24.8 Å². The van der Waals surface area contributed by atoms with Gasteiger partial charge < -0.3 is 20.7 Å². The number of carbonyl (C=O) groups is 3. The van der Waals surface area contributed by atoms with Gasteiger partial charge in [0.1, 0.15) is 5.60 Å². The molecule has 0 unspecified atom stereocenters. The van der Waals surface area contributed by atoms with Crippen molar-refractivity contribution >= 4 is 45.2 Å². The summed E-state index contributed by atoms with van der Waals surface area (Å²) in [5, 5.41) is 8.14. The van der Waals surface area contributed by atoms with Crippen molar-refractivity contribution in [3.8, 4) is 0 Å². The fourth-order valence-electron chi connectivity index (χ4n) is 2.66. The lowest BCUT2D eigenvalue weighted by Gasteiger charge is -2.19. The molecule has 0 saturated carbocycles. The van der Waals surface area contributed by atoms with Crippen LogP contribution in [0.1, 0.15) is 39.2 Å². The van der Waals surface area contributed by atoms with E-state index in [1.165, 1.54) is 0 Å². The molecule has 0 fully saturated rings. The van der Waals surface area contributed by atoms with Crippen LogP contribution in [0, 0.1) is 0 Å². The first kappa shape index (κ1) is 24.4. The maximum Gasteiger partial charge on any atom is 0.407 e. The molecule has 2 rings (SSSR count). The Morgan fingerprint density at radius 2 is 1.52 bits per heavy atom. The number of hydrogen-bond donors (Lipinski definition) is 3. The topological polar surface area (TPSA) is 96.5 Å². The maximum absolute atomic E-state index is 12.3. The largest absolute Gasteiger partial charge is 0.444 e. The van der Waals surface area contributed by atoms with Crippen LogP contribution in [0.25, 0.3) is 0 Å². The van der Waals surface area contributed by atoms with Crippen molar-refractivity contribution in [2.45, 2.75) is 45.6 Å². The highest BCUT2D eigenvalue weighted by Crippen LogP contribution is 2.19. The minimum absolute atomic E-state index is 0.0990. The van der Waals surface area contributed by atoms with Crippen LogP contribution in [0.15, 0.2) is 53.0 Å². The molecule has 0 aliphatic rings. The Morgan fingerprint density at radius 3 is 2.13 bits per heavy atom. The van der Waals surface area contributed by atoms with Crippen LogP contribution in [0.3, 0.4) is 0 Å². The summed E-state index contributed by atoms with van der Waals surface area (Å²) in [5.41, 5.74) is 1.64. The van der Waals surface area contributed by atoms with Crippen molar-refractivity contribution in [3.63, 3.8) is 0 Å². The lowest BCUT2D eigenvalue weighted by molar-refractivity contribution is -0.116. The highest BCUT2D eigenvalue weighted by Gasteiger charge is 2.16. The van der Waals surface area contributed by atoms with Crippen molar-refractivity contribution in [1.29, 1.82) is 0 Å². The van der Waals surface area contributed by atoms with Gasteiger partial charge in [0, 0.05) is 35.2 Å². The van der Waals surface area contributed by atoms with E-state index < -0.39 is 11.7 Å². The van der Waals surface area contributed by atoms with E-state index in [1.54, 1.807) is 45.0 Å². The van der Waals surface area contributed by atoms with Gasteiger partial charge in [-0.25, -0.2) is 4.79 Å². The summed E-state index contributed by atoms with van der Waals surface area (Å²) in [5.74, 6) is -0.366. The predicted octanol–water partition coefficient (Wildman–Crippen LogP) is 4.87. The van der Waals surface area contributed by atoms with E-state index in [9.17, 15) is 14.4 Å². The number of hydrogen-bond acceptors (Lipinski definition) is 4. The van der Waals surface area contributed by atoms with Crippen molar-refractivity contribution in [2.75, 3.05) is 17.2 Å². The number of benzene rings is 2. The third-order valence-electron chi connectivity index (χ3n) is 4.03.